The van der Waals surface area contributed by atoms with E-state index in [9.17, 15) is 4.79 Å². The number of carbonyl (C=O) groups excluding carboxylic acids is 1. The molecule has 3 rings (SSSR count). The smallest absolute Gasteiger partial charge is 0.321 e. The fraction of sp³-hybridized carbons (Fsp3) is 0.412. The van der Waals surface area contributed by atoms with Crippen molar-refractivity contribution in [3.8, 4) is 0 Å². The molecular weight excluding hydrogens is 276 g/mol. The van der Waals surface area contributed by atoms with Gasteiger partial charge in [0.25, 0.3) is 0 Å². The van der Waals surface area contributed by atoms with Crippen LogP contribution in [-0.4, -0.2) is 33.8 Å². The van der Waals surface area contributed by atoms with E-state index in [0.29, 0.717) is 5.92 Å². The van der Waals surface area contributed by atoms with Crippen LogP contribution in [-0.2, 0) is 6.54 Å². The van der Waals surface area contributed by atoms with Crippen LogP contribution in [0.2, 0.25) is 0 Å². The van der Waals surface area contributed by atoms with Crippen LogP contribution in [0.4, 0.5) is 10.5 Å². The molecule has 1 aliphatic rings. The summed E-state index contributed by atoms with van der Waals surface area (Å²) in [6.07, 6.45) is 5.86. The fourth-order valence-corrected chi connectivity index (χ4v) is 2.92. The number of nitrogens with one attached hydrogen (secondary N) is 1. The Morgan fingerprint density at radius 1 is 1.32 bits per heavy atom. The summed E-state index contributed by atoms with van der Waals surface area (Å²) in [6.45, 7) is 4.59. The molecule has 0 bridgehead atoms. The first-order valence-corrected chi connectivity index (χ1v) is 7.81. The number of benzene rings is 1. The molecule has 22 heavy (non-hydrogen) atoms. The van der Waals surface area contributed by atoms with Crippen molar-refractivity contribution in [2.24, 2.45) is 5.92 Å². The third kappa shape index (κ3) is 3.67. The van der Waals surface area contributed by atoms with Gasteiger partial charge in [-0.05, 0) is 49.4 Å². The quantitative estimate of drug-likeness (QED) is 0.946. The van der Waals surface area contributed by atoms with Crippen molar-refractivity contribution in [1.29, 1.82) is 0 Å². The predicted octanol–water partition coefficient (Wildman–Crippen LogP) is 3.14. The second kappa shape index (κ2) is 6.64. The van der Waals surface area contributed by atoms with Gasteiger partial charge in [-0.3, -0.25) is 4.68 Å². The molecule has 2 heterocycles. The number of nitrogens with zero attached hydrogens (tertiary/aromatic N) is 3. The molecule has 116 valence electrons. The van der Waals surface area contributed by atoms with Gasteiger partial charge in [0.2, 0.25) is 0 Å². The molecule has 0 spiro atoms. The van der Waals surface area contributed by atoms with Crippen molar-refractivity contribution in [3.63, 3.8) is 0 Å². The molecule has 5 heteroatoms. The number of anilines is 1. The van der Waals surface area contributed by atoms with Crippen molar-refractivity contribution in [2.45, 2.75) is 26.3 Å². The number of hydrogen-bond donors (Lipinski definition) is 1. The molecule has 1 fully saturated rings. The molecule has 1 N–H and O–H groups in total. The van der Waals surface area contributed by atoms with Gasteiger partial charge in [-0.1, -0.05) is 12.1 Å². The number of amides is 2. The molecule has 0 aliphatic carbocycles. The van der Waals surface area contributed by atoms with Crippen LogP contribution < -0.4 is 5.32 Å². The fourth-order valence-electron chi connectivity index (χ4n) is 2.92. The van der Waals surface area contributed by atoms with Crippen LogP contribution in [0, 0.1) is 12.8 Å². The van der Waals surface area contributed by atoms with Crippen LogP contribution in [0.5, 0.6) is 0 Å². The van der Waals surface area contributed by atoms with Gasteiger partial charge in [-0.15, -0.1) is 0 Å². The number of rotatable bonds is 3. The zero-order valence-corrected chi connectivity index (χ0v) is 12.9. The summed E-state index contributed by atoms with van der Waals surface area (Å²) < 4.78 is 1.98. The van der Waals surface area contributed by atoms with Crippen molar-refractivity contribution in [3.05, 3.63) is 48.3 Å². The molecule has 2 amide bonds. The Kier molecular flexibility index (Phi) is 4.42. The zero-order chi connectivity index (χ0) is 15.4. The molecule has 1 saturated heterocycles. The molecule has 0 saturated carbocycles. The summed E-state index contributed by atoms with van der Waals surface area (Å²) in [5.41, 5.74) is 2.01. The number of urea groups is 1. The van der Waals surface area contributed by atoms with Crippen LogP contribution in [0.3, 0.4) is 0 Å². The maximum Gasteiger partial charge on any atom is 0.321 e. The highest BCUT2D eigenvalue weighted by molar-refractivity contribution is 5.89. The topological polar surface area (TPSA) is 50.2 Å². The minimum absolute atomic E-state index is 0.00291. The number of carbonyl (C=O) groups is 1. The normalized spacial score (nSPS) is 15.8. The summed E-state index contributed by atoms with van der Waals surface area (Å²) in [5, 5.41) is 7.23. The Balaban J connectivity index is 1.49. The van der Waals surface area contributed by atoms with Gasteiger partial charge in [0.1, 0.15) is 0 Å². The van der Waals surface area contributed by atoms with Crippen LogP contribution >= 0.6 is 0 Å². The van der Waals surface area contributed by atoms with E-state index < -0.39 is 0 Å². The van der Waals surface area contributed by atoms with E-state index in [1.807, 2.05) is 59.2 Å². The van der Waals surface area contributed by atoms with E-state index in [2.05, 4.69) is 10.4 Å². The average molecular weight is 298 g/mol. The standard InChI is InChI=1S/C17H22N4O/c1-14-4-2-5-16(12-14)19-17(22)20-10-6-15(7-11-20)13-21-9-3-8-18-21/h2-5,8-9,12,15H,6-7,10-11,13H2,1H3,(H,19,22). The average Bonchev–Trinajstić information content (AvgIpc) is 3.01. The number of hydrogen-bond acceptors (Lipinski definition) is 2. The van der Waals surface area contributed by atoms with E-state index in [-0.39, 0.29) is 6.03 Å². The van der Waals surface area contributed by atoms with Gasteiger partial charge in [0.05, 0.1) is 0 Å². The first-order chi connectivity index (χ1) is 10.7. The first-order valence-electron chi connectivity index (χ1n) is 7.81. The van der Waals surface area contributed by atoms with Gasteiger partial charge >= 0.3 is 6.03 Å². The summed E-state index contributed by atoms with van der Waals surface area (Å²) in [6, 6.07) is 9.85. The Labute approximate surface area is 130 Å². The van der Waals surface area contributed by atoms with Crippen molar-refractivity contribution in [2.75, 3.05) is 18.4 Å². The molecule has 1 aromatic heterocycles. The van der Waals surface area contributed by atoms with E-state index >= 15 is 0 Å². The summed E-state index contributed by atoms with van der Waals surface area (Å²) in [5.74, 6) is 0.600. The van der Waals surface area contributed by atoms with Gasteiger partial charge in [-0.2, -0.15) is 5.10 Å². The minimum atomic E-state index is 0.00291. The second-order valence-corrected chi connectivity index (χ2v) is 5.96. The molecule has 0 atom stereocenters. The second-order valence-electron chi connectivity index (χ2n) is 5.96. The Hall–Kier alpha value is -2.30. The highest BCUT2D eigenvalue weighted by Gasteiger charge is 2.23. The lowest BCUT2D eigenvalue weighted by Crippen LogP contribution is -2.41. The molecular formula is C17H22N4O. The van der Waals surface area contributed by atoms with Crippen molar-refractivity contribution < 1.29 is 4.79 Å². The number of aromatic nitrogens is 2. The monoisotopic (exact) mass is 298 g/mol. The number of piperidine rings is 1. The van der Waals surface area contributed by atoms with E-state index in [1.54, 1.807) is 0 Å². The molecule has 5 nitrogen and oxygen atoms in total. The zero-order valence-electron chi connectivity index (χ0n) is 12.9. The lowest BCUT2D eigenvalue weighted by atomic mass is 9.97. The summed E-state index contributed by atoms with van der Waals surface area (Å²) in [4.78, 5) is 14.2. The minimum Gasteiger partial charge on any atom is -0.325 e. The van der Waals surface area contributed by atoms with Gasteiger partial charge in [-0.25, -0.2) is 4.79 Å². The molecule has 0 radical (unpaired) electrons. The number of likely N-dealkylation sites (tertiary alicyclic amines) is 1. The Morgan fingerprint density at radius 2 is 2.14 bits per heavy atom. The lowest BCUT2D eigenvalue weighted by molar-refractivity contribution is 0.175. The lowest BCUT2D eigenvalue weighted by Gasteiger charge is -2.32. The molecule has 1 aliphatic heterocycles. The van der Waals surface area contributed by atoms with Crippen LogP contribution in [0.25, 0.3) is 0 Å². The maximum absolute atomic E-state index is 12.3. The Bertz CT molecular complexity index is 615. The third-order valence-corrected chi connectivity index (χ3v) is 4.18. The van der Waals surface area contributed by atoms with Crippen molar-refractivity contribution >= 4 is 11.7 Å². The van der Waals surface area contributed by atoms with Gasteiger partial charge in [0, 0.05) is 37.7 Å². The van der Waals surface area contributed by atoms with Crippen LogP contribution in [0.15, 0.2) is 42.7 Å². The maximum atomic E-state index is 12.3. The first kappa shape index (κ1) is 14.6. The molecule has 1 aromatic carbocycles. The highest BCUT2D eigenvalue weighted by atomic mass is 16.2. The summed E-state index contributed by atoms with van der Waals surface area (Å²) >= 11 is 0. The largest absolute Gasteiger partial charge is 0.325 e. The predicted molar refractivity (Wildman–Crippen MR) is 86.7 cm³/mol. The van der Waals surface area contributed by atoms with Crippen LogP contribution in [0.1, 0.15) is 18.4 Å². The van der Waals surface area contributed by atoms with E-state index in [1.165, 1.54) is 0 Å². The van der Waals surface area contributed by atoms with Gasteiger partial charge in [0.15, 0.2) is 0 Å². The van der Waals surface area contributed by atoms with Crippen molar-refractivity contribution in [1.82, 2.24) is 14.7 Å². The molecule has 0 unspecified atom stereocenters. The summed E-state index contributed by atoms with van der Waals surface area (Å²) in [7, 11) is 0. The highest BCUT2D eigenvalue weighted by Crippen LogP contribution is 2.20. The van der Waals surface area contributed by atoms with E-state index in [4.69, 9.17) is 0 Å². The Morgan fingerprint density at radius 3 is 2.82 bits per heavy atom. The SMILES string of the molecule is Cc1cccc(NC(=O)N2CCC(Cn3cccn3)CC2)c1. The molecule has 2 aromatic rings. The van der Waals surface area contributed by atoms with Gasteiger partial charge < -0.3 is 10.2 Å². The third-order valence-electron chi connectivity index (χ3n) is 4.18. The van der Waals surface area contributed by atoms with E-state index in [0.717, 1.165) is 43.7 Å². The number of aryl methyl sites for hydroxylation is 1.